The Labute approximate surface area is 58.5 Å². The van der Waals surface area contributed by atoms with Crippen molar-refractivity contribution in [2.45, 2.75) is 38.9 Å². The second-order valence-corrected chi connectivity index (χ2v) is 2.87. The van der Waals surface area contributed by atoms with Crippen LogP contribution in [-0.2, 0) is 0 Å². The summed E-state index contributed by atoms with van der Waals surface area (Å²) in [4.78, 5) is 0. The van der Waals surface area contributed by atoms with E-state index in [1.54, 1.807) is 20.8 Å². The van der Waals surface area contributed by atoms with Gasteiger partial charge in [-0.15, -0.1) is 0 Å². The number of rotatable bonds is 2. The maximum absolute atomic E-state index is 9.03. The van der Waals surface area contributed by atoms with E-state index < -0.39 is 11.7 Å². The lowest BCUT2D eigenvalue weighted by Gasteiger charge is -2.17. The maximum atomic E-state index is 9.03. The highest BCUT2D eigenvalue weighted by Gasteiger charge is 2.14. The molecule has 2 nitrogen and oxygen atoms in total. The molecule has 0 aliphatic rings. The lowest BCUT2D eigenvalue weighted by Crippen LogP contribution is -2.24. The molecule has 0 fully saturated rings. The van der Waals surface area contributed by atoms with E-state index in [1.165, 1.54) is 0 Å². The van der Waals surface area contributed by atoms with Crippen LogP contribution in [0.4, 0.5) is 0 Å². The van der Waals surface area contributed by atoms with Gasteiger partial charge in [-0.2, -0.15) is 0 Å². The molecule has 1 unspecified atom stereocenters. The van der Waals surface area contributed by atoms with E-state index >= 15 is 0 Å². The van der Waals surface area contributed by atoms with Crippen molar-refractivity contribution < 1.29 is 10.2 Å². The maximum Gasteiger partial charge on any atom is 0.0616 e. The largest absolute Gasteiger partial charge is 0.393 e. The van der Waals surface area contributed by atoms with E-state index in [9.17, 15) is 0 Å². The van der Waals surface area contributed by atoms with Crippen LogP contribution < -0.4 is 0 Å². The molecule has 0 rings (SSSR count). The zero-order valence-corrected chi connectivity index (χ0v) is 6.26. The van der Waals surface area contributed by atoms with E-state index in [2.05, 4.69) is 0 Å². The van der Waals surface area contributed by atoms with E-state index in [-0.39, 0.29) is 8.41 Å². The minimum Gasteiger partial charge on any atom is -0.393 e. The quantitative estimate of drug-likeness (QED) is 0.521. The predicted octanol–water partition coefficient (Wildman–Crippen LogP) is 0.147. The lowest BCUT2D eigenvalue weighted by molar-refractivity contribution is 0.0249. The Morgan fingerprint density at radius 3 is 1.78 bits per heavy atom. The van der Waals surface area contributed by atoms with Gasteiger partial charge < -0.3 is 10.2 Å². The number of hydrogen-bond donors (Lipinski definition) is 2. The van der Waals surface area contributed by atoms with Gasteiger partial charge in [-0.3, -0.25) is 0 Å². The Hall–Kier alpha value is -0.0151. The van der Waals surface area contributed by atoms with Crippen LogP contribution in [-0.4, -0.2) is 30.3 Å². The molecule has 0 spiro atoms. The summed E-state index contributed by atoms with van der Waals surface area (Å²) < 4.78 is 0. The van der Waals surface area contributed by atoms with Crippen molar-refractivity contribution in [1.82, 2.24) is 0 Å². The molecule has 0 bridgehead atoms. The normalized spacial score (nSPS) is 14.3. The first-order chi connectivity index (χ1) is 3.42. The minimum atomic E-state index is -0.728. The predicted molar refractivity (Wildman–Crippen MR) is 38.3 cm³/mol. The summed E-state index contributed by atoms with van der Waals surface area (Å²) in [6, 6.07) is 0. The van der Waals surface area contributed by atoms with Crippen molar-refractivity contribution in [2.75, 3.05) is 0 Å². The molecule has 0 heterocycles. The smallest absolute Gasteiger partial charge is 0.0616 e. The van der Waals surface area contributed by atoms with Crippen LogP contribution in [0.25, 0.3) is 0 Å². The summed E-state index contributed by atoms with van der Waals surface area (Å²) in [5.41, 5.74) is -0.728. The third kappa shape index (κ3) is 11.5. The van der Waals surface area contributed by atoms with Gasteiger partial charge in [-0.25, -0.2) is 0 Å². The summed E-state index contributed by atoms with van der Waals surface area (Å²) in [5, 5.41) is 17.8. The molecular weight excluding hydrogens is 115 g/mol. The first kappa shape index (κ1) is 11.7. The number of hydrogen-bond acceptors (Lipinski definition) is 2. The molecule has 2 N–H and O–H groups in total. The van der Waals surface area contributed by atoms with Gasteiger partial charge in [0.2, 0.25) is 0 Å². The molecule has 0 saturated heterocycles. The van der Waals surface area contributed by atoms with Crippen LogP contribution in [0.2, 0.25) is 0 Å². The average molecular weight is 129 g/mol. The van der Waals surface area contributed by atoms with Gasteiger partial charge in [0, 0.05) is 14.8 Å². The summed E-state index contributed by atoms with van der Waals surface area (Å²) in [6.45, 7) is 5.03. The van der Waals surface area contributed by atoms with E-state index in [0.29, 0.717) is 6.42 Å². The second kappa shape index (κ2) is 3.91. The topological polar surface area (TPSA) is 40.5 Å². The summed E-state index contributed by atoms with van der Waals surface area (Å²) in [5.74, 6) is 0. The molecule has 0 aromatic heterocycles. The Morgan fingerprint density at radius 1 is 1.44 bits per heavy atom. The van der Waals surface area contributed by atoms with Crippen molar-refractivity contribution in [1.29, 1.82) is 0 Å². The number of aliphatic hydroxyl groups excluding tert-OH is 1. The zero-order chi connectivity index (χ0) is 6.78. The molecule has 0 aromatic carbocycles. The van der Waals surface area contributed by atoms with Gasteiger partial charge in [0.15, 0.2) is 0 Å². The van der Waals surface area contributed by atoms with Crippen LogP contribution in [0.15, 0.2) is 0 Å². The minimum absolute atomic E-state index is 0. The summed E-state index contributed by atoms with van der Waals surface area (Å²) in [6.07, 6.45) is 0.0301. The zero-order valence-electron chi connectivity index (χ0n) is 6.26. The van der Waals surface area contributed by atoms with Gasteiger partial charge in [0.1, 0.15) is 0 Å². The van der Waals surface area contributed by atoms with Gasteiger partial charge >= 0.3 is 0 Å². The molecule has 0 amide bonds. The van der Waals surface area contributed by atoms with Crippen molar-refractivity contribution in [3.05, 3.63) is 0 Å². The Morgan fingerprint density at radius 2 is 1.78 bits per heavy atom. The average Bonchev–Trinajstić information content (AvgIpc) is 1.21. The molecule has 3 radical (unpaired) electrons. The highest BCUT2D eigenvalue weighted by Crippen LogP contribution is 2.09. The van der Waals surface area contributed by atoms with Crippen LogP contribution in [0.5, 0.6) is 0 Å². The monoisotopic (exact) mass is 129 g/mol. The molecule has 3 heteroatoms. The molecule has 0 aromatic rings. The fourth-order valence-electron chi connectivity index (χ4n) is 0.723. The van der Waals surface area contributed by atoms with Crippen LogP contribution >= 0.6 is 0 Å². The molecule has 0 saturated carbocycles. The Balaban J connectivity index is 0. The van der Waals surface area contributed by atoms with Crippen LogP contribution in [0.1, 0.15) is 27.2 Å². The molecular formula is C6H14BO2. The van der Waals surface area contributed by atoms with Crippen LogP contribution in [0, 0.1) is 0 Å². The van der Waals surface area contributed by atoms with E-state index in [1.807, 2.05) is 0 Å². The van der Waals surface area contributed by atoms with Gasteiger partial charge in [-0.05, 0) is 20.8 Å². The molecule has 1 atom stereocenters. The molecule has 0 aliphatic heterocycles. The molecule has 9 heavy (non-hydrogen) atoms. The third-order valence-corrected chi connectivity index (χ3v) is 0.795. The fraction of sp³-hybridized carbons (Fsp3) is 1.00. The molecule has 53 valence electrons. The van der Waals surface area contributed by atoms with E-state index in [0.717, 1.165) is 0 Å². The number of aliphatic hydroxyl groups is 2. The standard InChI is InChI=1S/C6H14O2.B/c1-5(7)4-6(2,3)8;/h5,7-8H,4H2,1-3H3;. The van der Waals surface area contributed by atoms with Crippen LogP contribution in [0.3, 0.4) is 0 Å². The second-order valence-electron chi connectivity index (χ2n) is 2.87. The van der Waals surface area contributed by atoms with Gasteiger partial charge in [0.05, 0.1) is 11.7 Å². The first-order valence-corrected chi connectivity index (χ1v) is 2.82. The summed E-state index contributed by atoms with van der Waals surface area (Å²) >= 11 is 0. The highest BCUT2D eigenvalue weighted by atomic mass is 16.3. The van der Waals surface area contributed by atoms with Gasteiger partial charge in [0.25, 0.3) is 0 Å². The molecule has 0 aliphatic carbocycles. The van der Waals surface area contributed by atoms with Crippen molar-refractivity contribution in [2.24, 2.45) is 0 Å². The lowest BCUT2D eigenvalue weighted by atomic mass is 10.0. The van der Waals surface area contributed by atoms with Crippen molar-refractivity contribution in [3.63, 3.8) is 0 Å². The van der Waals surface area contributed by atoms with Crippen molar-refractivity contribution in [3.8, 4) is 0 Å². The Bertz CT molecular complexity index is 65.9. The third-order valence-electron chi connectivity index (χ3n) is 0.795. The SMILES string of the molecule is CC(O)CC(C)(C)O.[B]. The van der Waals surface area contributed by atoms with Gasteiger partial charge in [-0.1, -0.05) is 0 Å². The van der Waals surface area contributed by atoms with E-state index in [4.69, 9.17) is 10.2 Å². The Kier molecular flexibility index (Phi) is 5.10. The summed E-state index contributed by atoms with van der Waals surface area (Å²) in [7, 11) is 0. The van der Waals surface area contributed by atoms with Crippen molar-refractivity contribution >= 4 is 8.41 Å². The highest BCUT2D eigenvalue weighted by molar-refractivity contribution is 5.75. The fourth-order valence-corrected chi connectivity index (χ4v) is 0.723. The first-order valence-electron chi connectivity index (χ1n) is 2.82.